The van der Waals surface area contributed by atoms with E-state index >= 15 is 0 Å². The minimum absolute atomic E-state index is 0.0333. The van der Waals surface area contributed by atoms with Crippen molar-refractivity contribution in [3.63, 3.8) is 0 Å². The van der Waals surface area contributed by atoms with Crippen LogP contribution in [0.4, 0.5) is 10.5 Å². The lowest BCUT2D eigenvalue weighted by Crippen LogP contribution is -2.53. The first kappa shape index (κ1) is 43.7. The molecule has 1 aromatic carbocycles. The predicted molar refractivity (Wildman–Crippen MR) is 208 cm³/mol. The highest BCUT2D eigenvalue weighted by Crippen LogP contribution is 2.33. The molecule has 0 radical (unpaired) electrons. The van der Waals surface area contributed by atoms with Gasteiger partial charge in [0.2, 0.25) is 5.91 Å². The van der Waals surface area contributed by atoms with Crippen LogP contribution < -0.4 is 16.0 Å². The van der Waals surface area contributed by atoms with Gasteiger partial charge in [-0.2, -0.15) is 11.8 Å². The Balaban J connectivity index is 1.20. The molecule has 16 nitrogen and oxygen atoms in total. The summed E-state index contributed by atoms with van der Waals surface area (Å²) in [6.45, 7) is 3.97. The van der Waals surface area contributed by atoms with Crippen LogP contribution in [0, 0.1) is 0 Å². The molecule has 4 unspecified atom stereocenters. The largest absolute Gasteiger partial charge is 0.480 e. The third-order valence-electron chi connectivity index (χ3n) is 10.6. The summed E-state index contributed by atoms with van der Waals surface area (Å²) in [6, 6.07) is 7.65. The van der Waals surface area contributed by atoms with Crippen LogP contribution in [0.25, 0.3) is 0 Å². The number of nitrogens with zero attached hydrogens (tertiary/aromatic N) is 5. The van der Waals surface area contributed by atoms with Crippen LogP contribution >= 0.6 is 11.8 Å². The number of anilines is 1. The number of nitrogens with one attached hydrogen (secondary N) is 3. The molecule has 0 bridgehead atoms. The molecule has 3 aliphatic heterocycles. The fourth-order valence-electron chi connectivity index (χ4n) is 7.49. The maximum absolute atomic E-state index is 12.7. The number of benzene rings is 1. The van der Waals surface area contributed by atoms with Gasteiger partial charge in [0.15, 0.2) is 0 Å². The van der Waals surface area contributed by atoms with Gasteiger partial charge in [0.1, 0.15) is 0 Å². The molecule has 0 aromatic heterocycles. The number of aliphatic hydroxyl groups is 2. The number of aliphatic carboxylic acids is 2. The molecule has 3 aliphatic rings. The highest BCUT2D eigenvalue weighted by Gasteiger charge is 2.42. The Hall–Kier alpha value is -3.03. The zero-order valence-corrected chi connectivity index (χ0v) is 32.6. The second-order valence-corrected chi connectivity index (χ2v) is 16.1. The molecule has 4 atom stereocenters. The lowest BCUT2D eigenvalue weighted by Gasteiger charge is -2.37. The van der Waals surface area contributed by atoms with E-state index in [1.54, 1.807) is 14.7 Å². The Kier molecular flexibility index (Phi) is 18.7. The van der Waals surface area contributed by atoms with Crippen molar-refractivity contribution in [2.75, 3.05) is 104 Å². The molecule has 7 N–H and O–H groups in total. The van der Waals surface area contributed by atoms with Crippen LogP contribution in [-0.4, -0.2) is 190 Å². The topological polar surface area (TPSA) is 201 Å². The van der Waals surface area contributed by atoms with E-state index in [0.717, 1.165) is 62.9 Å². The predicted octanol–water partition coefficient (Wildman–Crippen LogP) is 0.655. The molecular weight excluding hydrogens is 717 g/mol. The molecule has 1 aromatic rings. The van der Waals surface area contributed by atoms with E-state index in [9.17, 15) is 39.6 Å². The molecule has 3 fully saturated rings. The smallest absolute Gasteiger partial charge is 0.317 e. The average molecular weight is 779 g/mol. The highest BCUT2D eigenvalue weighted by atomic mass is 32.2. The summed E-state index contributed by atoms with van der Waals surface area (Å²) < 4.78 is 0. The Bertz CT molecular complexity index is 1330. The third-order valence-corrected chi connectivity index (χ3v) is 12.1. The fourth-order valence-corrected chi connectivity index (χ4v) is 9.03. The number of aliphatic hydroxyl groups excluding tert-OH is 2. The van der Waals surface area contributed by atoms with Crippen molar-refractivity contribution < 1.29 is 39.6 Å². The summed E-state index contributed by atoms with van der Waals surface area (Å²) in [7, 11) is 2.14. The van der Waals surface area contributed by atoms with Gasteiger partial charge in [0, 0.05) is 75.0 Å². The van der Waals surface area contributed by atoms with Gasteiger partial charge in [0.25, 0.3) is 0 Å². The van der Waals surface area contributed by atoms with Crippen molar-refractivity contribution >= 4 is 41.3 Å². The monoisotopic (exact) mass is 778 g/mol. The second-order valence-electron chi connectivity index (χ2n) is 14.8. The lowest BCUT2D eigenvalue weighted by molar-refractivity contribution is -0.141. The Morgan fingerprint density at radius 2 is 1.46 bits per heavy atom. The number of fused-ring (bicyclic) bond motifs is 1. The van der Waals surface area contributed by atoms with Crippen LogP contribution in [-0.2, 0) is 20.8 Å². The summed E-state index contributed by atoms with van der Waals surface area (Å²) in [5.41, 5.74) is 1.60. The Labute approximate surface area is 323 Å². The zero-order valence-electron chi connectivity index (χ0n) is 31.7. The lowest BCUT2D eigenvalue weighted by atomic mass is 10.0. The standard InChI is InChI=1S/C37H62N8O8S/c1-41(14-6-4-7-32-36-31(25-54-32)39-37(53)40-36)13-5-2-3-8-33(48)38-29-11-9-28(10-12-29)21-30-22-44(23-34(49)50)18-17-42(26-46)15-16-43(27-47)19-20-45(30)24-35(51)52/h9-12,30-32,36,46-47H,2-8,13-27H2,1H3,(H,38,48)(H,49,50)(H,51,52)(H2,39,40,53). The van der Waals surface area contributed by atoms with Gasteiger partial charge in [-0.25, -0.2) is 4.79 Å². The molecule has 17 heteroatoms. The van der Waals surface area contributed by atoms with Crippen LogP contribution in [0.15, 0.2) is 24.3 Å². The number of carboxylic acid groups (broad SMARTS) is 2. The molecule has 4 rings (SSSR count). The van der Waals surface area contributed by atoms with Gasteiger partial charge < -0.3 is 41.3 Å². The van der Waals surface area contributed by atoms with Gasteiger partial charge in [-0.05, 0) is 69.9 Å². The quantitative estimate of drug-likeness (QED) is 0.0719. The van der Waals surface area contributed by atoms with Crippen LogP contribution in [0.2, 0.25) is 0 Å². The third kappa shape index (κ3) is 15.2. The van der Waals surface area contributed by atoms with E-state index in [-0.39, 0.29) is 56.6 Å². The molecule has 54 heavy (non-hydrogen) atoms. The molecule has 0 saturated carbocycles. The summed E-state index contributed by atoms with van der Waals surface area (Å²) in [4.78, 5) is 57.6. The van der Waals surface area contributed by atoms with Gasteiger partial charge in [-0.3, -0.25) is 34.0 Å². The maximum atomic E-state index is 12.7. The number of urea groups is 1. The fraction of sp³-hybridized carbons (Fsp3) is 0.730. The van der Waals surface area contributed by atoms with Crippen molar-refractivity contribution in [1.82, 2.24) is 35.1 Å². The summed E-state index contributed by atoms with van der Waals surface area (Å²) in [5, 5.41) is 48.7. The molecule has 0 aliphatic carbocycles. The van der Waals surface area contributed by atoms with Crippen molar-refractivity contribution in [2.45, 2.75) is 74.7 Å². The summed E-state index contributed by atoms with van der Waals surface area (Å²) >= 11 is 1.96. The van der Waals surface area contributed by atoms with E-state index in [1.165, 1.54) is 0 Å². The number of carbonyl (C=O) groups excluding carboxylic acids is 2. The van der Waals surface area contributed by atoms with Crippen molar-refractivity contribution in [2.24, 2.45) is 0 Å². The number of carbonyl (C=O) groups is 4. The highest BCUT2D eigenvalue weighted by molar-refractivity contribution is 8.00. The van der Waals surface area contributed by atoms with E-state index in [0.29, 0.717) is 69.6 Å². The molecular formula is C37H62N8O8S. The number of carboxylic acids is 2. The number of hydrogen-bond donors (Lipinski definition) is 7. The normalized spacial score (nSPS) is 23.7. The van der Waals surface area contributed by atoms with E-state index < -0.39 is 11.9 Å². The van der Waals surface area contributed by atoms with Crippen molar-refractivity contribution in [1.29, 1.82) is 0 Å². The van der Waals surface area contributed by atoms with Crippen LogP contribution in [0.1, 0.15) is 50.5 Å². The second kappa shape index (κ2) is 23.1. The molecule has 0 spiro atoms. The van der Waals surface area contributed by atoms with Crippen molar-refractivity contribution in [3.05, 3.63) is 29.8 Å². The van der Waals surface area contributed by atoms with E-state index in [4.69, 9.17) is 0 Å². The van der Waals surface area contributed by atoms with Gasteiger partial charge in [-0.1, -0.05) is 25.0 Å². The number of rotatable bonds is 20. The number of unbranched alkanes of at least 4 members (excludes halogenated alkanes) is 3. The van der Waals surface area contributed by atoms with Crippen LogP contribution in [0.3, 0.4) is 0 Å². The first-order valence-corrected chi connectivity index (χ1v) is 20.4. The zero-order chi connectivity index (χ0) is 38.9. The van der Waals surface area contributed by atoms with E-state index in [2.05, 4.69) is 27.9 Å². The summed E-state index contributed by atoms with van der Waals surface area (Å²) in [6.07, 6.45) is 7.08. The van der Waals surface area contributed by atoms with Gasteiger partial charge >= 0.3 is 18.0 Å². The van der Waals surface area contributed by atoms with Gasteiger partial charge in [0.05, 0.1) is 38.6 Å². The SMILES string of the molecule is CN(CCCCCC(=O)Nc1ccc(CC2CN(CC(=O)O)CCN(CO)CCN(CO)CCN2CC(=O)O)cc1)CCCCC1SCC2NC(=O)NC21. The first-order valence-electron chi connectivity index (χ1n) is 19.3. The molecule has 3 saturated heterocycles. The molecule has 3 amide bonds. The number of hydrogen-bond acceptors (Lipinski definition) is 12. The van der Waals surface area contributed by atoms with E-state index in [1.807, 2.05) is 40.9 Å². The minimum Gasteiger partial charge on any atom is -0.480 e. The average Bonchev–Trinajstić information content (AvgIpc) is 3.69. The van der Waals surface area contributed by atoms with Gasteiger partial charge in [-0.15, -0.1) is 0 Å². The van der Waals surface area contributed by atoms with Crippen LogP contribution in [0.5, 0.6) is 0 Å². The Morgan fingerprint density at radius 3 is 2.11 bits per heavy atom. The summed E-state index contributed by atoms with van der Waals surface area (Å²) in [5.74, 6) is -1.03. The number of thioether (sulfide) groups is 1. The minimum atomic E-state index is -0.993. The van der Waals surface area contributed by atoms with Crippen molar-refractivity contribution in [3.8, 4) is 0 Å². The molecule has 3 heterocycles. The molecule has 304 valence electrons. The maximum Gasteiger partial charge on any atom is 0.317 e. The number of amides is 3. The Morgan fingerprint density at radius 1 is 0.833 bits per heavy atom. The first-order chi connectivity index (χ1) is 26.0.